The Bertz CT molecular complexity index is 480. The van der Waals surface area contributed by atoms with E-state index in [1.165, 1.54) is 18.4 Å². The molecule has 0 fully saturated rings. The Kier molecular flexibility index (Phi) is 4.21. The van der Waals surface area contributed by atoms with Crippen molar-refractivity contribution in [1.82, 2.24) is 0 Å². The van der Waals surface area contributed by atoms with E-state index in [0.717, 1.165) is 17.7 Å². The second kappa shape index (κ2) is 5.87. The third kappa shape index (κ3) is 3.02. The SMILES string of the molecule is CCCCc1ccc(-c2ccc(C(C)O)o2)cc1. The summed E-state index contributed by atoms with van der Waals surface area (Å²) >= 11 is 0. The van der Waals surface area contributed by atoms with Crippen LogP contribution in [0, 0.1) is 0 Å². The summed E-state index contributed by atoms with van der Waals surface area (Å²) in [4.78, 5) is 0. The molecule has 0 saturated carbocycles. The number of unbranched alkanes of at least 4 members (excludes halogenated alkanes) is 1. The molecule has 0 bridgehead atoms. The predicted octanol–water partition coefficient (Wildman–Crippen LogP) is 4.34. The zero-order valence-electron chi connectivity index (χ0n) is 11.0. The van der Waals surface area contributed by atoms with E-state index in [9.17, 15) is 5.11 Å². The van der Waals surface area contributed by atoms with Crippen LogP contribution in [-0.2, 0) is 6.42 Å². The molecule has 2 nitrogen and oxygen atoms in total. The van der Waals surface area contributed by atoms with E-state index in [4.69, 9.17) is 4.42 Å². The van der Waals surface area contributed by atoms with Crippen LogP contribution in [0.25, 0.3) is 11.3 Å². The number of benzene rings is 1. The fraction of sp³-hybridized carbons (Fsp3) is 0.375. The first kappa shape index (κ1) is 12.9. The van der Waals surface area contributed by atoms with Gasteiger partial charge in [-0.1, -0.05) is 37.6 Å². The van der Waals surface area contributed by atoms with Crippen LogP contribution in [0.5, 0.6) is 0 Å². The number of aryl methyl sites for hydroxylation is 1. The molecular weight excluding hydrogens is 224 g/mol. The molecule has 0 aliphatic rings. The molecule has 1 unspecified atom stereocenters. The van der Waals surface area contributed by atoms with Crippen LogP contribution < -0.4 is 0 Å². The number of aliphatic hydroxyl groups excluding tert-OH is 1. The Morgan fingerprint density at radius 1 is 1.11 bits per heavy atom. The normalized spacial score (nSPS) is 12.6. The Hall–Kier alpha value is -1.54. The Labute approximate surface area is 108 Å². The van der Waals surface area contributed by atoms with Gasteiger partial charge in [0.2, 0.25) is 0 Å². The van der Waals surface area contributed by atoms with E-state index in [1.54, 1.807) is 6.92 Å². The largest absolute Gasteiger partial charge is 0.458 e. The summed E-state index contributed by atoms with van der Waals surface area (Å²) < 4.78 is 5.60. The van der Waals surface area contributed by atoms with E-state index in [-0.39, 0.29) is 0 Å². The van der Waals surface area contributed by atoms with Gasteiger partial charge >= 0.3 is 0 Å². The molecule has 1 heterocycles. The van der Waals surface area contributed by atoms with Crippen molar-refractivity contribution in [2.75, 3.05) is 0 Å². The maximum absolute atomic E-state index is 9.43. The van der Waals surface area contributed by atoms with Gasteiger partial charge < -0.3 is 9.52 Å². The quantitative estimate of drug-likeness (QED) is 0.848. The fourth-order valence-corrected chi connectivity index (χ4v) is 1.95. The third-order valence-electron chi connectivity index (χ3n) is 3.10. The van der Waals surface area contributed by atoms with E-state index >= 15 is 0 Å². The summed E-state index contributed by atoms with van der Waals surface area (Å²) in [5.41, 5.74) is 2.42. The molecule has 0 spiro atoms. The molecule has 1 atom stereocenters. The van der Waals surface area contributed by atoms with Crippen LogP contribution in [0.3, 0.4) is 0 Å². The van der Waals surface area contributed by atoms with E-state index in [1.807, 2.05) is 12.1 Å². The third-order valence-corrected chi connectivity index (χ3v) is 3.10. The standard InChI is InChI=1S/C16H20O2/c1-3-4-5-13-6-8-14(9-7-13)16-11-10-15(18-16)12(2)17/h6-12,17H,3-5H2,1-2H3. The maximum Gasteiger partial charge on any atom is 0.134 e. The monoisotopic (exact) mass is 244 g/mol. The zero-order valence-corrected chi connectivity index (χ0v) is 11.0. The lowest BCUT2D eigenvalue weighted by Gasteiger charge is -2.02. The first-order valence-corrected chi connectivity index (χ1v) is 6.58. The van der Waals surface area contributed by atoms with Gasteiger partial charge in [0.1, 0.15) is 17.6 Å². The summed E-state index contributed by atoms with van der Waals surface area (Å²) in [6.07, 6.45) is 3.03. The molecule has 2 rings (SSSR count). The van der Waals surface area contributed by atoms with Gasteiger partial charge in [-0.2, -0.15) is 0 Å². The van der Waals surface area contributed by atoms with Gasteiger partial charge in [0.05, 0.1) is 0 Å². The molecule has 1 N–H and O–H groups in total. The molecule has 1 aromatic carbocycles. The van der Waals surface area contributed by atoms with Crippen LogP contribution in [0.15, 0.2) is 40.8 Å². The molecule has 0 radical (unpaired) electrons. The second-order valence-corrected chi connectivity index (χ2v) is 4.68. The fourth-order valence-electron chi connectivity index (χ4n) is 1.95. The van der Waals surface area contributed by atoms with Crippen LogP contribution in [0.2, 0.25) is 0 Å². The number of aliphatic hydroxyl groups is 1. The highest BCUT2D eigenvalue weighted by Crippen LogP contribution is 2.25. The zero-order chi connectivity index (χ0) is 13.0. The molecule has 0 aliphatic carbocycles. The van der Waals surface area contributed by atoms with Crippen molar-refractivity contribution in [3.05, 3.63) is 47.7 Å². The van der Waals surface area contributed by atoms with Crippen LogP contribution in [-0.4, -0.2) is 5.11 Å². The molecule has 0 amide bonds. The first-order valence-electron chi connectivity index (χ1n) is 6.58. The van der Waals surface area contributed by atoms with Gasteiger partial charge in [0.25, 0.3) is 0 Å². The Morgan fingerprint density at radius 3 is 2.39 bits per heavy atom. The summed E-state index contributed by atoms with van der Waals surface area (Å²) in [6, 6.07) is 12.2. The highest BCUT2D eigenvalue weighted by molar-refractivity contribution is 5.58. The smallest absolute Gasteiger partial charge is 0.134 e. The lowest BCUT2D eigenvalue weighted by atomic mass is 10.1. The average Bonchev–Trinajstić information content (AvgIpc) is 2.87. The van der Waals surface area contributed by atoms with Crippen molar-refractivity contribution in [3.8, 4) is 11.3 Å². The van der Waals surface area contributed by atoms with E-state index < -0.39 is 6.10 Å². The van der Waals surface area contributed by atoms with Gasteiger partial charge in [-0.3, -0.25) is 0 Å². The number of furan rings is 1. The van der Waals surface area contributed by atoms with Gasteiger partial charge in [0, 0.05) is 5.56 Å². The van der Waals surface area contributed by atoms with Crippen molar-refractivity contribution < 1.29 is 9.52 Å². The minimum Gasteiger partial charge on any atom is -0.458 e. The van der Waals surface area contributed by atoms with E-state index in [2.05, 4.69) is 31.2 Å². The van der Waals surface area contributed by atoms with Crippen molar-refractivity contribution in [2.24, 2.45) is 0 Å². The predicted molar refractivity (Wildman–Crippen MR) is 73.4 cm³/mol. The molecule has 18 heavy (non-hydrogen) atoms. The van der Waals surface area contributed by atoms with Crippen molar-refractivity contribution in [2.45, 2.75) is 39.2 Å². The van der Waals surface area contributed by atoms with Crippen molar-refractivity contribution in [1.29, 1.82) is 0 Å². The van der Waals surface area contributed by atoms with Gasteiger partial charge in [-0.05, 0) is 37.5 Å². The maximum atomic E-state index is 9.43. The molecule has 96 valence electrons. The minimum atomic E-state index is -0.553. The number of hydrogen-bond donors (Lipinski definition) is 1. The molecule has 2 heteroatoms. The Balaban J connectivity index is 2.12. The summed E-state index contributed by atoms with van der Waals surface area (Å²) in [5.74, 6) is 1.42. The molecule has 0 aliphatic heterocycles. The first-order chi connectivity index (χ1) is 8.70. The lowest BCUT2D eigenvalue weighted by molar-refractivity contribution is 0.170. The van der Waals surface area contributed by atoms with Crippen LogP contribution in [0.1, 0.15) is 44.1 Å². The molecule has 0 saturated heterocycles. The highest BCUT2D eigenvalue weighted by Gasteiger charge is 2.08. The van der Waals surface area contributed by atoms with Gasteiger partial charge in [-0.25, -0.2) is 0 Å². The average molecular weight is 244 g/mol. The summed E-state index contributed by atoms with van der Waals surface area (Å²) in [6.45, 7) is 3.91. The van der Waals surface area contributed by atoms with Crippen molar-refractivity contribution >= 4 is 0 Å². The topological polar surface area (TPSA) is 33.4 Å². The lowest BCUT2D eigenvalue weighted by Crippen LogP contribution is -1.86. The summed E-state index contributed by atoms with van der Waals surface area (Å²) in [5, 5.41) is 9.43. The van der Waals surface area contributed by atoms with Gasteiger partial charge in [0.15, 0.2) is 0 Å². The molecular formula is C16H20O2. The second-order valence-electron chi connectivity index (χ2n) is 4.68. The molecule has 2 aromatic rings. The summed E-state index contributed by atoms with van der Waals surface area (Å²) in [7, 11) is 0. The van der Waals surface area contributed by atoms with Gasteiger partial charge in [-0.15, -0.1) is 0 Å². The van der Waals surface area contributed by atoms with Crippen molar-refractivity contribution in [3.63, 3.8) is 0 Å². The minimum absolute atomic E-state index is 0.553. The van der Waals surface area contributed by atoms with Crippen LogP contribution >= 0.6 is 0 Å². The number of hydrogen-bond acceptors (Lipinski definition) is 2. The van der Waals surface area contributed by atoms with Crippen LogP contribution in [0.4, 0.5) is 0 Å². The molecule has 1 aromatic heterocycles. The highest BCUT2D eigenvalue weighted by atomic mass is 16.4. The van der Waals surface area contributed by atoms with E-state index in [0.29, 0.717) is 5.76 Å². The number of rotatable bonds is 5. The Morgan fingerprint density at radius 2 is 1.83 bits per heavy atom.